The van der Waals surface area contributed by atoms with Crippen LogP contribution in [0.3, 0.4) is 0 Å². The van der Waals surface area contributed by atoms with Crippen molar-refractivity contribution in [3.63, 3.8) is 0 Å². The summed E-state index contributed by atoms with van der Waals surface area (Å²) in [5.41, 5.74) is 0. The van der Waals surface area contributed by atoms with Gasteiger partial charge < -0.3 is 10.4 Å². The number of nitrogens with one attached hydrogen (secondary N) is 1. The predicted octanol–water partition coefficient (Wildman–Crippen LogP) is -0.138. The van der Waals surface area contributed by atoms with Crippen LogP contribution in [0.25, 0.3) is 0 Å². The van der Waals surface area contributed by atoms with Gasteiger partial charge in [0.15, 0.2) is 0 Å². The van der Waals surface area contributed by atoms with Gasteiger partial charge in [-0.15, -0.1) is 0 Å². The van der Waals surface area contributed by atoms with E-state index in [1.165, 1.54) is 6.92 Å². The molecule has 0 spiro atoms. The minimum absolute atomic E-state index is 0.222. The molecule has 2 N–H and O–H groups in total. The van der Waals surface area contributed by atoms with Crippen LogP contribution in [0.2, 0.25) is 0 Å². The summed E-state index contributed by atoms with van der Waals surface area (Å²) in [4.78, 5) is 21.7. The van der Waals surface area contributed by atoms with Gasteiger partial charge in [0.1, 0.15) is 6.04 Å². The van der Waals surface area contributed by atoms with Crippen LogP contribution in [-0.4, -0.2) is 32.8 Å². The summed E-state index contributed by atoms with van der Waals surface area (Å²) < 4.78 is 1.62. The van der Waals surface area contributed by atoms with Gasteiger partial charge in [0, 0.05) is 25.4 Å². The largest absolute Gasteiger partial charge is 0.480 e. The molecule has 0 aliphatic rings. The van der Waals surface area contributed by atoms with Gasteiger partial charge in [0.25, 0.3) is 0 Å². The van der Waals surface area contributed by atoms with Crippen molar-refractivity contribution in [1.82, 2.24) is 15.1 Å². The zero-order valence-corrected chi connectivity index (χ0v) is 8.38. The first kappa shape index (κ1) is 11.2. The van der Waals surface area contributed by atoms with E-state index in [-0.39, 0.29) is 12.3 Å². The molecule has 15 heavy (non-hydrogen) atoms. The molecule has 0 aromatic carbocycles. The van der Waals surface area contributed by atoms with Crippen LogP contribution in [0.15, 0.2) is 18.5 Å². The van der Waals surface area contributed by atoms with E-state index in [2.05, 4.69) is 10.4 Å². The third kappa shape index (κ3) is 3.80. The smallest absolute Gasteiger partial charge is 0.325 e. The number of hydrogen-bond acceptors (Lipinski definition) is 3. The SMILES string of the molecule is C[C@H](NC(=O)CCn1cccn1)C(=O)O. The number of rotatable bonds is 5. The number of carbonyl (C=O) groups is 2. The normalized spacial score (nSPS) is 12.1. The summed E-state index contributed by atoms with van der Waals surface area (Å²) in [6.45, 7) is 1.87. The highest BCUT2D eigenvalue weighted by molar-refractivity contribution is 5.83. The zero-order chi connectivity index (χ0) is 11.3. The van der Waals surface area contributed by atoms with E-state index in [1.807, 2.05) is 0 Å². The Morgan fingerprint density at radius 1 is 1.60 bits per heavy atom. The van der Waals surface area contributed by atoms with Gasteiger partial charge in [-0.25, -0.2) is 0 Å². The molecule has 0 saturated carbocycles. The first-order chi connectivity index (χ1) is 7.09. The Hall–Kier alpha value is -1.85. The predicted molar refractivity (Wildman–Crippen MR) is 52.1 cm³/mol. The number of aliphatic carboxylic acids is 1. The molecule has 0 unspecified atom stereocenters. The van der Waals surface area contributed by atoms with Crippen LogP contribution in [0.5, 0.6) is 0 Å². The molecule has 82 valence electrons. The van der Waals surface area contributed by atoms with E-state index < -0.39 is 12.0 Å². The maximum absolute atomic E-state index is 11.2. The number of aryl methyl sites for hydroxylation is 1. The molecule has 1 aromatic heterocycles. The molecule has 1 atom stereocenters. The maximum Gasteiger partial charge on any atom is 0.325 e. The summed E-state index contributed by atoms with van der Waals surface area (Å²) in [7, 11) is 0. The average molecular weight is 211 g/mol. The Bertz CT molecular complexity index is 334. The van der Waals surface area contributed by atoms with E-state index in [1.54, 1.807) is 23.1 Å². The Balaban J connectivity index is 2.28. The highest BCUT2D eigenvalue weighted by Gasteiger charge is 2.13. The molecule has 0 aliphatic heterocycles. The second-order valence-electron chi connectivity index (χ2n) is 3.15. The van der Waals surface area contributed by atoms with Gasteiger partial charge >= 0.3 is 5.97 Å². The summed E-state index contributed by atoms with van der Waals surface area (Å²) in [5, 5.41) is 14.8. The van der Waals surface area contributed by atoms with Crippen molar-refractivity contribution in [3.8, 4) is 0 Å². The third-order valence-electron chi connectivity index (χ3n) is 1.88. The van der Waals surface area contributed by atoms with Crippen LogP contribution >= 0.6 is 0 Å². The molecule has 0 radical (unpaired) electrons. The van der Waals surface area contributed by atoms with E-state index in [0.29, 0.717) is 6.54 Å². The molecule has 0 aliphatic carbocycles. The second-order valence-corrected chi connectivity index (χ2v) is 3.15. The molecule has 0 bridgehead atoms. The first-order valence-electron chi connectivity index (χ1n) is 4.59. The Labute approximate surface area is 86.9 Å². The number of aromatic nitrogens is 2. The quantitative estimate of drug-likeness (QED) is 0.710. The van der Waals surface area contributed by atoms with Gasteiger partial charge in [0.05, 0.1) is 0 Å². The molecule has 1 heterocycles. The van der Waals surface area contributed by atoms with Crippen molar-refractivity contribution in [2.75, 3.05) is 0 Å². The summed E-state index contributed by atoms with van der Waals surface area (Å²) in [6, 6.07) is 0.910. The molecule has 6 nitrogen and oxygen atoms in total. The fraction of sp³-hybridized carbons (Fsp3) is 0.444. The van der Waals surface area contributed by atoms with Crippen LogP contribution in [0.4, 0.5) is 0 Å². The van der Waals surface area contributed by atoms with Gasteiger partial charge in [-0.1, -0.05) is 0 Å². The van der Waals surface area contributed by atoms with Crippen LogP contribution in [0, 0.1) is 0 Å². The summed E-state index contributed by atoms with van der Waals surface area (Å²) in [6.07, 6.45) is 3.59. The summed E-state index contributed by atoms with van der Waals surface area (Å²) >= 11 is 0. The molecule has 1 aromatic rings. The molecular weight excluding hydrogens is 198 g/mol. The Morgan fingerprint density at radius 3 is 2.87 bits per heavy atom. The average Bonchev–Trinajstić information content (AvgIpc) is 2.66. The number of amides is 1. The zero-order valence-electron chi connectivity index (χ0n) is 8.38. The number of carboxylic acids is 1. The molecule has 1 amide bonds. The molecule has 1 rings (SSSR count). The van der Waals surface area contributed by atoms with Gasteiger partial charge in [0.2, 0.25) is 5.91 Å². The Morgan fingerprint density at radius 2 is 2.33 bits per heavy atom. The first-order valence-corrected chi connectivity index (χ1v) is 4.59. The van der Waals surface area contributed by atoms with Crippen LogP contribution in [-0.2, 0) is 16.1 Å². The lowest BCUT2D eigenvalue weighted by Gasteiger charge is -2.08. The Kier molecular flexibility index (Phi) is 3.84. The monoisotopic (exact) mass is 211 g/mol. The van der Waals surface area contributed by atoms with E-state index in [0.717, 1.165) is 0 Å². The minimum atomic E-state index is -1.04. The van der Waals surface area contributed by atoms with Crippen LogP contribution < -0.4 is 5.32 Å². The highest BCUT2D eigenvalue weighted by atomic mass is 16.4. The third-order valence-corrected chi connectivity index (χ3v) is 1.88. The highest BCUT2D eigenvalue weighted by Crippen LogP contribution is 1.91. The van der Waals surface area contributed by atoms with Gasteiger partial charge in [-0.3, -0.25) is 14.3 Å². The van der Waals surface area contributed by atoms with Crippen molar-refractivity contribution in [2.45, 2.75) is 25.9 Å². The number of nitrogens with zero attached hydrogens (tertiary/aromatic N) is 2. The lowest BCUT2D eigenvalue weighted by Crippen LogP contribution is -2.38. The molecule has 6 heteroatoms. The lowest BCUT2D eigenvalue weighted by atomic mass is 10.3. The lowest BCUT2D eigenvalue weighted by molar-refractivity contribution is -0.141. The molecule has 0 saturated heterocycles. The topological polar surface area (TPSA) is 84.2 Å². The van der Waals surface area contributed by atoms with Crippen molar-refractivity contribution in [2.24, 2.45) is 0 Å². The van der Waals surface area contributed by atoms with E-state index >= 15 is 0 Å². The second kappa shape index (κ2) is 5.14. The van der Waals surface area contributed by atoms with Crippen LogP contribution in [0.1, 0.15) is 13.3 Å². The summed E-state index contributed by atoms with van der Waals surface area (Å²) in [5.74, 6) is -1.33. The maximum atomic E-state index is 11.2. The van der Waals surface area contributed by atoms with E-state index in [9.17, 15) is 9.59 Å². The van der Waals surface area contributed by atoms with E-state index in [4.69, 9.17) is 5.11 Å². The number of carbonyl (C=O) groups excluding carboxylic acids is 1. The van der Waals surface area contributed by atoms with Gasteiger partial charge in [-0.2, -0.15) is 5.10 Å². The number of carboxylic acid groups (broad SMARTS) is 1. The number of hydrogen-bond donors (Lipinski definition) is 2. The fourth-order valence-electron chi connectivity index (χ4n) is 1.02. The van der Waals surface area contributed by atoms with Crippen molar-refractivity contribution in [3.05, 3.63) is 18.5 Å². The standard InChI is InChI=1S/C9H13N3O3/c1-7(9(14)15)11-8(13)3-6-12-5-2-4-10-12/h2,4-5,7H,3,6H2,1H3,(H,11,13)(H,14,15)/t7-/m0/s1. The molecule has 0 fully saturated rings. The van der Waals surface area contributed by atoms with Crippen molar-refractivity contribution in [1.29, 1.82) is 0 Å². The van der Waals surface area contributed by atoms with Crippen molar-refractivity contribution < 1.29 is 14.7 Å². The van der Waals surface area contributed by atoms with Gasteiger partial charge in [-0.05, 0) is 13.0 Å². The minimum Gasteiger partial charge on any atom is -0.480 e. The fourth-order valence-corrected chi connectivity index (χ4v) is 1.02. The molecular formula is C9H13N3O3. The van der Waals surface area contributed by atoms with Crippen molar-refractivity contribution >= 4 is 11.9 Å².